The molecule has 0 spiro atoms. The van der Waals surface area contributed by atoms with Crippen molar-refractivity contribution in [3.05, 3.63) is 24.3 Å². The zero-order valence-electron chi connectivity index (χ0n) is 8.04. The van der Waals surface area contributed by atoms with Crippen molar-refractivity contribution in [2.45, 2.75) is 13.5 Å². The van der Waals surface area contributed by atoms with Crippen LogP contribution in [-0.2, 0) is 6.54 Å². The molecule has 0 saturated heterocycles. The molecule has 2 heterocycles. The Morgan fingerprint density at radius 3 is 3.07 bits per heavy atom. The number of aromatic carboxylic acids is 1. The van der Waals surface area contributed by atoms with E-state index in [4.69, 9.17) is 9.63 Å². The average Bonchev–Trinajstić information content (AvgIpc) is 2.85. The van der Waals surface area contributed by atoms with Gasteiger partial charge in [-0.2, -0.15) is 0 Å². The molecule has 0 fully saturated rings. The van der Waals surface area contributed by atoms with E-state index >= 15 is 0 Å². The molecule has 0 amide bonds. The lowest BCUT2D eigenvalue weighted by Gasteiger charge is -1.99. The van der Waals surface area contributed by atoms with E-state index in [0.29, 0.717) is 5.76 Å². The van der Waals surface area contributed by atoms with E-state index in [9.17, 15) is 4.79 Å². The van der Waals surface area contributed by atoms with Crippen molar-refractivity contribution in [1.82, 2.24) is 14.7 Å². The molecule has 0 aliphatic rings. The first-order chi connectivity index (χ1) is 7.22. The van der Waals surface area contributed by atoms with Gasteiger partial charge in [-0.15, -0.1) is 0 Å². The van der Waals surface area contributed by atoms with E-state index < -0.39 is 5.97 Å². The Balaban J connectivity index is 2.41. The van der Waals surface area contributed by atoms with E-state index in [1.807, 2.05) is 11.5 Å². The molecule has 0 saturated carbocycles. The smallest absolute Gasteiger partial charge is 0.358 e. The zero-order valence-corrected chi connectivity index (χ0v) is 8.04. The van der Waals surface area contributed by atoms with Gasteiger partial charge in [0.05, 0.1) is 12.5 Å². The van der Waals surface area contributed by atoms with Crippen LogP contribution in [0.5, 0.6) is 0 Å². The van der Waals surface area contributed by atoms with Crippen LogP contribution in [0.3, 0.4) is 0 Å². The zero-order chi connectivity index (χ0) is 10.8. The molecular weight excluding hydrogens is 198 g/mol. The van der Waals surface area contributed by atoms with Crippen LogP contribution in [0.1, 0.15) is 17.4 Å². The predicted octanol–water partition coefficient (Wildman–Crippen LogP) is 1.26. The second-order valence-electron chi connectivity index (χ2n) is 2.95. The summed E-state index contributed by atoms with van der Waals surface area (Å²) in [5.74, 6) is -0.695. The summed E-state index contributed by atoms with van der Waals surface area (Å²) in [6.45, 7) is 2.69. The van der Waals surface area contributed by atoms with Gasteiger partial charge in [-0.25, -0.2) is 9.78 Å². The number of aromatic nitrogens is 3. The summed E-state index contributed by atoms with van der Waals surface area (Å²) in [6.07, 6.45) is 3.26. The van der Waals surface area contributed by atoms with Crippen LogP contribution in [0.2, 0.25) is 0 Å². The SMILES string of the molecule is CCn1cncc1-c1cc(C(=O)O)no1. The Hall–Kier alpha value is -2.11. The maximum Gasteiger partial charge on any atom is 0.358 e. The summed E-state index contributed by atoms with van der Waals surface area (Å²) in [4.78, 5) is 14.5. The van der Waals surface area contributed by atoms with Gasteiger partial charge in [0, 0.05) is 12.6 Å². The van der Waals surface area contributed by atoms with Crippen LogP contribution < -0.4 is 0 Å². The average molecular weight is 207 g/mol. The lowest BCUT2D eigenvalue weighted by molar-refractivity contribution is 0.0686. The lowest BCUT2D eigenvalue weighted by Crippen LogP contribution is -1.95. The Labute approximate surface area is 85.1 Å². The fraction of sp³-hybridized carbons (Fsp3) is 0.222. The van der Waals surface area contributed by atoms with Crippen molar-refractivity contribution in [2.75, 3.05) is 0 Å². The first kappa shape index (κ1) is 9.45. The molecule has 0 radical (unpaired) electrons. The van der Waals surface area contributed by atoms with E-state index in [1.165, 1.54) is 6.07 Å². The van der Waals surface area contributed by atoms with E-state index in [2.05, 4.69) is 10.1 Å². The third-order valence-corrected chi connectivity index (χ3v) is 2.03. The van der Waals surface area contributed by atoms with Gasteiger partial charge in [0.25, 0.3) is 0 Å². The molecule has 0 aliphatic heterocycles. The summed E-state index contributed by atoms with van der Waals surface area (Å²) in [7, 11) is 0. The number of nitrogens with zero attached hydrogens (tertiary/aromatic N) is 3. The largest absolute Gasteiger partial charge is 0.476 e. The highest BCUT2D eigenvalue weighted by Crippen LogP contribution is 2.19. The normalized spacial score (nSPS) is 10.5. The molecule has 2 aromatic heterocycles. The third-order valence-electron chi connectivity index (χ3n) is 2.03. The number of rotatable bonds is 3. The molecule has 6 nitrogen and oxygen atoms in total. The fourth-order valence-electron chi connectivity index (χ4n) is 1.27. The van der Waals surface area contributed by atoms with E-state index in [-0.39, 0.29) is 5.69 Å². The molecule has 0 aliphatic carbocycles. The lowest BCUT2D eigenvalue weighted by atomic mass is 10.3. The molecule has 78 valence electrons. The second-order valence-corrected chi connectivity index (χ2v) is 2.95. The van der Waals surface area contributed by atoms with Crippen LogP contribution in [0.15, 0.2) is 23.1 Å². The molecule has 6 heteroatoms. The van der Waals surface area contributed by atoms with Gasteiger partial charge < -0.3 is 14.2 Å². The minimum atomic E-state index is -1.10. The van der Waals surface area contributed by atoms with Crippen LogP contribution in [0, 0.1) is 0 Å². The van der Waals surface area contributed by atoms with Crippen LogP contribution in [-0.4, -0.2) is 25.8 Å². The van der Waals surface area contributed by atoms with Gasteiger partial charge in [-0.1, -0.05) is 5.16 Å². The number of imidazole rings is 1. The van der Waals surface area contributed by atoms with Gasteiger partial charge >= 0.3 is 5.97 Å². The Kier molecular flexibility index (Phi) is 2.24. The molecule has 1 N–H and O–H groups in total. The minimum Gasteiger partial charge on any atom is -0.476 e. The highest BCUT2D eigenvalue weighted by Gasteiger charge is 2.14. The molecule has 2 aromatic rings. The van der Waals surface area contributed by atoms with E-state index in [0.717, 1.165) is 12.2 Å². The van der Waals surface area contributed by atoms with Gasteiger partial charge in [-0.05, 0) is 6.92 Å². The molecule has 0 unspecified atom stereocenters. The minimum absolute atomic E-state index is 0.103. The van der Waals surface area contributed by atoms with Crippen molar-refractivity contribution >= 4 is 5.97 Å². The van der Waals surface area contributed by atoms with Gasteiger partial charge in [0.2, 0.25) is 0 Å². The summed E-state index contributed by atoms with van der Waals surface area (Å²) in [5.41, 5.74) is 0.617. The Morgan fingerprint density at radius 2 is 2.47 bits per heavy atom. The molecule has 0 bridgehead atoms. The quantitative estimate of drug-likeness (QED) is 0.819. The number of hydrogen-bond donors (Lipinski definition) is 1. The van der Waals surface area contributed by atoms with Crippen molar-refractivity contribution < 1.29 is 14.4 Å². The third kappa shape index (κ3) is 1.61. The van der Waals surface area contributed by atoms with Crippen LogP contribution >= 0.6 is 0 Å². The van der Waals surface area contributed by atoms with Crippen LogP contribution in [0.4, 0.5) is 0 Å². The molecule has 0 aromatic carbocycles. The number of hydrogen-bond acceptors (Lipinski definition) is 4. The summed E-state index contributed by atoms with van der Waals surface area (Å²) in [5, 5.41) is 12.1. The number of aryl methyl sites for hydroxylation is 1. The topological polar surface area (TPSA) is 81.2 Å². The molecular formula is C9H9N3O3. The fourth-order valence-corrected chi connectivity index (χ4v) is 1.27. The van der Waals surface area contributed by atoms with Crippen LogP contribution in [0.25, 0.3) is 11.5 Å². The summed E-state index contributed by atoms with van der Waals surface area (Å²) < 4.78 is 6.76. The Morgan fingerprint density at radius 1 is 1.67 bits per heavy atom. The standard InChI is InChI=1S/C9H9N3O3/c1-2-12-5-10-4-7(12)8-3-6(9(13)14)11-15-8/h3-5H,2H2,1H3,(H,13,14). The number of carboxylic acid groups (broad SMARTS) is 1. The van der Waals surface area contributed by atoms with Gasteiger partial charge in [-0.3, -0.25) is 0 Å². The highest BCUT2D eigenvalue weighted by atomic mass is 16.5. The molecule has 0 atom stereocenters. The van der Waals surface area contributed by atoms with E-state index in [1.54, 1.807) is 12.5 Å². The maximum atomic E-state index is 10.6. The van der Waals surface area contributed by atoms with Crippen molar-refractivity contribution in [3.63, 3.8) is 0 Å². The maximum absolute atomic E-state index is 10.6. The van der Waals surface area contributed by atoms with Crippen molar-refractivity contribution in [3.8, 4) is 11.5 Å². The predicted molar refractivity (Wildman–Crippen MR) is 50.4 cm³/mol. The molecule has 15 heavy (non-hydrogen) atoms. The first-order valence-electron chi connectivity index (χ1n) is 4.43. The van der Waals surface area contributed by atoms with Crippen molar-refractivity contribution in [2.24, 2.45) is 0 Å². The summed E-state index contributed by atoms with van der Waals surface area (Å²) >= 11 is 0. The second kappa shape index (κ2) is 3.56. The number of carbonyl (C=O) groups is 1. The van der Waals surface area contributed by atoms with Gasteiger partial charge in [0.15, 0.2) is 11.5 Å². The Bertz CT molecular complexity index is 486. The summed E-state index contributed by atoms with van der Waals surface area (Å²) in [6, 6.07) is 1.38. The van der Waals surface area contributed by atoms with Crippen molar-refractivity contribution in [1.29, 1.82) is 0 Å². The first-order valence-corrected chi connectivity index (χ1v) is 4.43. The van der Waals surface area contributed by atoms with Gasteiger partial charge in [0.1, 0.15) is 5.69 Å². The number of carboxylic acids is 1. The monoisotopic (exact) mass is 207 g/mol. The molecule has 2 rings (SSSR count). The highest BCUT2D eigenvalue weighted by molar-refractivity contribution is 5.86.